The average Bonchev–Trinajstić information content (AvgIpc) is 3.07. The molecule has 1 atom stereocenters. The second-order valence-electron chi connectivity index (χ2n) is 5.95. The molecule has 1 fully saturated rings. The molecule has 1 aliphatic heterocycles. The summed E-state index contributed by atoms with van der Waals surface area (Å²) >= 11 is 0. The molecule has 0 aliphatic carbocycles. The molecule has 1 saturated heterocycles. The van der Waals surface area contributed by atoms with Gasteiger partial charge < -0.3 is 20.3 Å². The quantitative estimate of drug-likeness (QED) is 0.604. The van der Waals surface area contributed by atoms with Crippen molar-refractivity contribution in [3.63, 3.8) is 0 Å². The molecular weight excluding hydrogens is 311 g/mol. The van der Waals surface area contributed by atoms with E-state index >= 15 is 0 Å². The Kier molecular flexibility index (Phi) is 6.99. The van der Waals surface area contributed by atoms with Crippen LogP contribution in [0.3, 0.4) is 0 Å². The molecule has 0 aromatic heterocycles. The Morgan fingerprint density at radius 3 is 2.92 bits per heavy atom. The van der Waals surface area contributed by atoms with Crippen LogP contribution >= 0.6 is 0 Å². The van der Waals surface area contributed by atoms with Crippen LogP contribution < -0.4 is 10.6 Å². The smallest absolute Gasteiger partial charge is 0.241 e. The fourth-order valence-electron chi connectivity index (χ4n) is 2.31. The third kappa shape index (κ3) is 6.16. The molecule has 2 N–H and O–H groups in total. The number of carbonyl (C=O) groups is 1. The number of likely N-dealkylation sites (N-methyl/N-ethyl adjacent to an activating group) is 1. The first-order chi connectivity index (χ1) is 11.5. The van der Waals surface area contributed by atoms with Crippen LogP contribution in [-0.4, -0.2) is 56.7 Å². The minimum absolute atomic E-state index is 0.0487. The van der Waals surface area contributed by atoms with E-state index in [9.17, 15) is 9.18 Å². The maximum absolute atomic E-state index is 13.2. The number of nitrogens with zero attached hydrogens (tertiary/aromatic N) is 2. The summed E-state index contributed by atoms with van der Waals surface area (Å²) in [5.41, 5.74) is 0.771. The number of amides is 1. The van der Waals surface area contributed by atoms with Crippen molar-refractivity contribution in [2.24, 2.45) is 4.99 Å². The Bertz CT molecular complexity index is 571. The predicted octanol–water partition coefficient (Wildman–Crippen LogP) is 1.13. The molecule has 0 radical (unpaired) electrons. The van der Waals surface area contributed by atoms with Gasteiger partial charge in [-0.25, -0.2) is 9.38 Å². The molecule has 1 aromatic carbocycles. The Morgan fingerprint density at radius 2 is 2.25 bits per heavy atom. The second kappa shape index (κ2) is 9.22. The van der Waals surface area contributed by atoms with Crippen LogP contribution in [0.15, 0.2) is 29.3 Å². The number of guanidine groups is 1. The number of benzene rings is 1. The molecule has 1 aromatic rings. The summed E-state index contributed by atoms with van der Waals surface area (Å²) < 4.78 is 18.8. The number of hydrogen-bond donors (Lipinski definition) is 2. The molecule has 7 heteroatoms. The van der Waals surface area contributed by atoms with Crippen molar-refractivity contribution >= 4 is 11.9 Å². The van der Waals surface area contributed by atoms with Gasteiger partial charge in [0.2, 0.25) is 5.91 Å². The number of rotatable bonds is 6. The van der Waals surface area contributed by atoms with E-state index in [1.165, 1.54) is 17.0 Å². The van der Waals surface area contributed by atoms with Crippen molar-refractivity contribution in [1.29, 1.82) is 0 Å². The summed E-state index contributed by atoms with van der Waals surface area (Å²) in [7, 11) is 3.40. The number of aliphatic imine (C=N–C) groups is 1. The molecule has 2 rings (SSSR count). The normalized spacial score (nSPS) is 17.6. The monoisotopic (exact) mass is 336 g/mol. The fraction of sp³-hybridized carbons (Fsp3) is 0.529. The highest BCUT2D eigenvalue weighted by atomic mass is 19.1. The van der Waals surface area contributed by atoms with E-state index in [1.54, 1.807) is 20.2 Å². The first-order valence-electron chi connectivity index (χ1n) is 8.13. The summed E-state index contributed by atoms with van der Waals surface area (Å²) in [5.74, 6) is 0.185. The molecule has 1 amide bonds. The second-order valence-corrected chi connectivity index (χ2v) is 5.95. The molecule has 0 bridgehead atoms. The Morgan fingerprint density at radius 1 is 1.42 bits per heavy atom. The van der Waals surface area contributed by atoms with Gasteiger partial charge in [-0.05, 0) is 30.5 Å². The van der Waals surface area contributed by atoms with Gasteiger partial charge in [-0.15, -0.1) is 0 Å². The lowest BCUT2D eigenvalue weighted by atomic mass is 10.2. The maximum atomic E-state index is 13.2. The van der Waals surface area contributed by atoms with Gasteiger partial charge in [0.05, 0.1) is 19.2 Å². The third-order valence-electron chi connectivity index (χ3n) is 3.74. The standard InChI is InChI=1S/C17H25FN4O2/c1-22(2)16(23)12-21-17(20-11-15-7-4-8-24-15)19-10-13-5-3-6-14(18)9-13/h3,5-6,9,15H,4,7-8,10-12H2,1-2H3,(H2,19,20,21). The van der Waals surface area contributed by atoms with Gasteiger partial charge in [-0.1, -0.05) is 12.1 Å². The van der Waals surface area contributed by atoms with E-state index in [2.05, 4.69) is 15.6 Å². The highest BCUT2D eigenvalue weighted by molar-refractivity contribution is 5.86. The molecule has 132 valence electrons. The van der Waals surface area contributed by atoms with E-state index in [0.717, 1.165) is 25.0 Å². The van der Waals surface area contributed by atoms with Gasteiger partial charge in [0.1, 0.15) is 5.82 Å². The molecule has 1 aliphatic rings. The van der Waals surface area contributed by atoms with Crippen LogP contribution in [0.4, 0.5) is 4.39 Å². The van der Waals surface area contributed by atoms with Crippen molar-refractivity contribution in [2.75, 3.05) is 33.8 Å². The largest absolute Gasteiger partial charge is 0.376 e. The highest BCUT2D eigenvalue weighted by Gasteiger charge is 2.16. The zero-order valence-electron chi connectivity index (χ0n) is 14.2. The number of ether oxygens (including phenoxy) is 1. The lowest BCUT2D eigenvalue weighted by Crippen LogP contribution is -2.45. The molecule has 0 spiro atoms. The van der Waals surface area contributed by atoms with E-state index in [0.29, 0.717) is 19.0 Å². The molecule has 24 heavy (non-hydrogen) atoms. The predicted molar refractivity (Wildman–Crippen MR) is 91.2 cm³/mol. The number of halogens is 1. The van der Waals surface area contributed by atoms with Gasteiger partial charge in [0, 0.05) is 27.2 Å². The van der Waals surface area contributed by atoms with Crippen molar-refractivity contribution in [3.8, 4) is 0 Å². The third-order valence-corrected chi connectivity index (χ3v) is 3.74. The summed E-state index contributed by atoms with van der Waals surface area (Å²) in [5, 5.41) is 6.20. The number of hydrogen-bond acceptors (Lipinski definition) is 3. The van der Waals surface area contributed by atoms with Crippen molar-refractivity contribution in [3.05, 3.63) is 35.6 Å². The first-order valence-corrected chi connectivity index (χ1v) is 8.13. The minimum atomic E-state index is -0.285. The summed E-state index contributed by atoms with van der Waals surface area (Å²) in [6.45, 7) is 1.89. The molecule has 6 nitrogen and oxygen atoms in total. The van der Waals surface area contributed by atoms with Gasteiger partial charge in [0.15, 0.2) is 5.96 Å². The number of nitrogens with one attached hydrogen (secondary N) is 2. The van der Waals surface area contributed by atoms with E-state index in [4.69, 9.17) is 4.74 Å². The van der Waals surface area contributed by atoms with Gasteiger partial charge in [0.25, 0.3) is 0 Å². The van der Waals surface area contributed by atoms with E-state index < -0.39 is 0 Å². The van der Waals surface area contributed by atoms with Crippen molar-refractivity contribution < 1.29 is 13.9 Å². The molecule has 1 heterocycles. The Hall–Kier alpha value is -2.15. The summed E-state index contributed by atoms with van der Waals surface area (Å²) in [4.78, 5) is 17.7. The average molecular weight is 336 g/mol. The van der Waals surface area contributed by atoms with Gasteiger partial charge >= 0.3 is 0 Å². The number of carbonyl (C=O) groups excluding carboxylic acids is 1. The Labute approximate surface area is 142 Å². The molecular formula is C17H25FN4O2. The zero-order chi connectivity index (χ0) is 17.4. The first kappa shape index (κ1) is 18.2. The zero-order valence-corrected chi connectivity index (χ0v) is 14.2. The molecule has 0 saturated carbocycles. The summed E-state index contributed by atoms with van der Waals surface area (Å²) in [6.07, 6.45) is 2.24. The van der Waals surface area contributed by atoms with Crippen molar-refractivity contribution in [2.45, 2.75) is 25.5 Å². The van der Waals surface area contributed by atoms with Crippen LogP contribution in [0.1, 0.15) is 18.4 Å². The summed E-state index contributed by atoms with van der Waals surface area (Å²) in [6, 6.07) is 6.32. The Balaban J connectivity index is 1.94. The fourth-order valence-corrected chi connectivity index (χ4v) is 2.31. The topological polar surface area (TPSA) is 66.0 Å². The van der Waals surface area contributed by atoms with E-state index in [1.807, 2.05) is 6.07 Å². The maximum Gasteiger partial charge on any atom is 0.241 e. The molecule has 1 unspecified atom stereocenters. The van der Waals surface area contributed by atoms with Crippen LogP contribution in [0.2, 0.25) is 0 Å². The van der Waals surface area contributed by atoms with Gasteiger partial charge in [-0.3, -0.25) is 4.79 Å². The lowest BCUT2D eigenvalue weighted by molar-refractivity contribution is -0.127. The van der Waals surface area contributed by atoms with Gasteiger partial charge in [-0.2, -0.15) is 0 Å². The van der Waals surface area contributed by atoms with E-state index in [-0.39, 0.29) is 24.4 Å². The van der Waals surface area contributed by atoms with Crippen LogP contribution in [-0.2, 0) is 16.1 Å². The van der Waals surface area contributed by atoms with Crippen molar-refractivity contribution in [1.82, 2.24) is 15.5 Å². The minimum Gasteiger partial charge on any atom is -0.376 e. The SMILES string of the molecule is CN(C)C(=O)CNC(=NCc1cccc(F)c1)NCC1CCCO1. The van der Waals surface area contributed by atoms with Crippen LogP contribution in [0.25, 0.3) is 0 Å². The highest BCUT2D eigenvalue weighted by Crippen LogP contribution is 2.10. The lowest BCUT2D eigenvalue weighted by Gasteiger charge is -2.17. The van der Waals surface area contributed by atoms with Crippen LogP contribution in [0.5, 0.6) is 0 Å². The van der Waals surface area contributed by atoms with Crippen LogP contribution in [0, 0.1) is 5.82 Å².